The molecule has 0 atom stereocenters. The van der Waals surface area contributed by atoms with Gasteiger partial charge < -0.3 is 15.4 Å². The van der Waals surface area contributed by atoms with Crippen molar-refractivity contribution in [2.75, 3.05) is 13.2 Å². The fourth-order valence-electron chi connectivity index (χ4n) is 2.62. The Morgan fingerprint density at radius 1 is 1.45 bits per heavy atom. The van der Waals surface area contributed by atoms with Crippen molar-refractivity contribution in [3.8, 4) is 5.75 Å². The van der Waals surface area contributed by atoms with Gasteiger partial charge >= 0.3 is 0 Å². The van der Waals surface area contributed by atoms with Gasteiger partial charge in [0, 0.05) is 35.1 Å². The van der Waals surface area contributed by atoms with Crippen molar-refractivity contribution in [3.05, 3.63) is 27.7 Å². The van der Waals surface area contributed by atoms with Crippen molar-refractivity contribution in [2.24, 2.45) is 11.7 Å². The Labute approximate surface area is 127 Å². The van der Waals surface area contributed by atoms with Crippen LogP contribution in [0, 0.1) is 5.92 Å². The van der Waals surface area contributed by atoms with Crippen molar-refractivity contribution in [1.82, 2.24) is 4.90 Å². The van der Waals surface area contributed by atoms with Gasteiger partial charge in [0.2, 0.25) is 5.91 Å². The van der Waals surface area contributed by atoms with E-state index in [1.807, 2.05) is 17.0 Å². The molecule has 1 heterocycles. The van der Waals surface area contributed by atoms with Gasteiger partial charge in [0.25, 0.3) is 0 Å². The van der Waals surface area contributed by atoms with Crippen LogP contribution >= 0.6 is 15.9 Å². The third-order valence-electron chi connectivity index (χ3n) is 3.91. The first-order chi connectivity index (χ1) is 9.67. The van der Waals surface area contributed by atoms with Crippen LogP contribution in [0.25, 0.3) is 0 Å². The van der Waals surface area contributed by atoms with Gasteiger partial charge in [0.05, 0.1) is 6.54 Å². The molecule has 0 radical (unpaired) electrons. The molecule has 2 N–H and O–H groups in total. The molecule has 0 bridgehead atoms. The second-order valence-electron chi connectivity index (χ2n) is 5.57. The van der Waals surface area contributed by atoms with E-state index in [1.54, 1.807) is 0 Å². The molecule has 1 aromatic carbocycles. The summed E-state index contributed by atoms with van der Waals surface area (Å²) < 4.78 is 6.81. The van der Waals surface area contributed by atoms with E-state index < -0.39 is 0 Å². The highest BCUT2D eigenvalue weighted by atomic mass is 79.9. The van der Waals surface area contributed by atoms with Crippen LogP contribution < -0.4 is 10.5 Å². The molecular formula is C15H19BrN2O2. The number of amides is 1. The molecule has 3 rings (SSSR count). The fraction of sp³-hybridized carbons (Fsp3) is 0.533. The number of fused-ring (bicyclic) bond motifs is 1. The second kappa shape index (κ2) is 5.74. The minimum atomic E-state index is 0.248. The molecule has 5 heteroatoms. The van der Waals surface area contributed by atoms with E-state index in [2.05, 4.69) is 15.9 Å². The van der Waals surface area contributed by atoms with Crippen LogP contribution in [0.15, 0.2) is 16.6 Å². The van der Waals surface area contributed by atoms with Gasteiger partial charge in [0.15, 0.2) is 0 Å². The summed E-state index contributed by atoms with van der Waals surface area (Å²) in [5.74, 6) is 1.73. The molecular weight excluding hydrogens is 320 g/mol. The van der Waals surface area contributed by atoms with E-state index in [0.717, 1.165) is 21.3 Å². The second-order valence-corrected chi connectivity index (χ2v) is 6.48. The summed E-state index contributed by atoms with van der Waals surface area (Å²) in [7, 11) is 0. The molecule has 4 nitrogen and oxygen atoms in total. The maximum absolute atomic E-state index is 12.3. The Bertz CT molecular complexity index is 529. The summed E-state index contributed by atoms with van der Waals surface area (Å²) in [6.45, 7) is 2.25. The zero-order chi connectivity index (χ0) is 14.1. The van der Waals surface area contributed by atoms with Crippen molar-refractivity contribution >= 4 is 21.8 Å². The number of nitrogens with zero attached hydrogens (tertiary/aromatic N) is 1. The molecule has 108 valence electrons. The number of hydrogen-bond donors (Lipinski definition) is 1. The maximum atomic E-state index is 12.3. The fourth-order valence-corrected chi connectivity index (χ4v) is 3.17. The van der Waals surface area contributed by atoms with Crippen LogP contribution in [0.5, 0.6) is 5.75 Å². The number of halogens is 1. The minimum absolute atomic E-state index is 0.248. The third-order valence-corrected chi connectivity index (χ3v) is 4.37. The van der Waals surface area contributed by atoms with Gasteiger partial charge in [0.1, 0.15) is 12.4 Å². The molecule has 1 saturated carbocycles. The molecule has 1 aliphatic carbocycles. The highest BCUT2D eigenvalue weighted by molar-refractivity contribution is 9.10. The first-order valence-electron chi connectivity index (χ1n) is 7.09. The van der Waals surface area contributed by atoms with Crippen molar-refractivity contribution in [2.45, 2.75) is 32.4 Å². The van der Waals surface area contributed by atoms with Crippen molar-refractivity contribution in [3.63, 3.8) is 0 Å². The van der Waals surface area contributed by atoms with Crippen molar-refractivity contribution < 1.29 is 9.53 Å². The van der Waals surface area contributed by atoms with E-state index in [4.69, 9.17) is 10.5 Å². The Hall–Kier alpha value is -1.07. The number of nitrogens with two attached hydrogens (primary N) is 1. The van der Waals surface area contributed by atoms with Crippen LogP contribution in [0.2, 0.25) is 0 Å². The Morgan fingerprint density at radius 2 is 2.25 bits per heavy atom. The lowest BCUT2D eigenvalue weighted by atomic mass is 10.1. The van der Waals surface area contributed by atoms with E-state index in [1.165, 1.54) is 12.8 Å². The lowest BCUT2D eigenvalue weighted by Gasteiger charge is -2.20. The summed E-state index contributed by atoms with van der Waals surface area (Å²) in [4.78, 5) is 14.2. The highest BCUT2D eigenvalue weighted by Gasteiger charge is 2.28. The zero-order valence-electron chi connectivity index (χ0n) is 11.4. The van der Waals surface area contributed by atoms with E-state index >= 15 is 0 Å². The average molecular weight is 339 g/mol. The first-order valence-corrected chi connectivity index (χ1v) is 7.88. The molecule has 1 aromatic rings. The predicted molar refractivity (Wildman–Crippen MR) is 80.3 cm³/mol. The molecule has 20 heavy (non-hydrogen) atoms. The number of rotatable bonds is 3. The van der Waals surface area contributed by atoms with Crippen LogP contribution in [0.3, 0.4) is 0 Å². The number of benzene rings is 1. The highest BCUT2D eigenvalue weighted by Crippen LogP contribution is 2.34. The van der Waals surface area contributed by atoms with Crippen LogP contribution in [-0.2, 0) is 17.9 Å². The largest absolute Gasteiger partial charge is 0.491 e. The zero-order valence-corrected chi connectivity index (χ0v) is 13.0. The Balaban J connectivity index is 1.82. The topological polar surface area (TPSA) is 55.6 Å². The van der Waals surface area contributed by atoms with Gasteiger partial charge in [-0.3, -0.25) is 4.79 Å². The SMILES string of the molecule is NCc1cc(Br)cc2c1OCCN(C(=O)CC1CC1)C2. The minimum Gasteiger partial charge on any atom is -0.491 e. The number of hydrogen-bond acceptors (Lipinski definition) is 3. The third kappa shape index (κ3) is 2.99. The van der Waals surface area contributed by atoms with Crippen LogP contribution in [-0.4, -0.2) is 24.0 Å². The average Bonchev–Trinajstić information content (AvgIpc) is 3.23. The van der Waals surface area contributed by atoms with Gasteiger partial charge in [-0.05, 0) is 30.9 Å². The molecule has 1 amide bonds. The molecule has 0 unspecified atom stereocenters. The van der Waals surface area contributed by atoms with E-state index in [-0.39, 0.29) is 5.91 Å². The van der Waals surface area contributed by atoms with E-state index in [9.17, 15) is 4.79 Å². The number of ether oxygens (including phenoxy) is 1. The molecule has 0 saturated heterocycles. The van der Waals surface area contributed by atoms with Crippen molar-refractivity contribution in [1.29, 1.82) is 0 Å². The first kappa shape index (κ1) is 13.9. The predicted octanol–water partition coefficient (Wildman–Crippen LogP) is 2.43. The monoisotopic (exact) mass is 338 g/mol. The summed E-state index contributed by atoms with van der Waals surface area (Å²) >= 11 is 3.50. The summed E-state index contributed by atoms with van der Waals surface area (Å²) in [5, 5.41) is 0. The molecule has 1 aliphatic heterocycles. The lowest BCUT2D eigenvalue weighted by Crippen LogP contribution is -2.32. The summed E-state index contributed by atoms with van der Waals surface area (Å²) in [6.07, 6.45) is 3.10. The smallest absolute Gasteiger partial charge is 0.223 e. The van der Waals surface area contributed by atoms with E-state index in [0.29, 0.717) is 38.6 Å². The molecule has 0 spiro atoms. The van der Waals surface area contributed by atoms with Crippen LogP contribution in [0.1, 0.15) is 30.4 Å². The van der Waals surface area contributed by atoms with Gasteiger partial charge in [-0.2, -0.15) is 0 Å². The van der Waals surface area contributed by atoms with Gasteiger partial charge in [-0.25, -0.2) is 0 Å². The molecule has 0 aromatic heterocycles. The standard InChI is InChI=1S/C15H19BrN2O2/c16-13-6-11(8-17)15-12(7-13)9-18(3-4-20-15)14(19)5-10-1-2-10/h6-7,10H,1-5,8-9,17H2. The van der Waals surface area contributed by atoms with Crippen LogP contribution in [0.4, 0.5) is 0 Å². The number of carbonyl (C=O) groups excluding carboxylic acids is 1. The normalized spacial score (nSPS) is 18.2. The summed E-state index contributed by atoms with van der Waals surface area (Å²) in [6, 6.07) is 4.01. The number of carbonyl (C=O) groups is 1. The Morgan fingerprint density at radius 3 is 2.95 bits per heavy atom. The maximum Gasteiger partial charge on any atom is 0.223 e. The quantitative estimate of drug-likeness (QED) is 0.920. The lowest BCUT2D eigenvalue weighted by molar-refractivity contribution is -0.132. The van der Waals surface area contributed by atoms with Gasteiger partial charge in [-0.1, -0.05) is 15.9 Å². The molecule has 2 aliphatic rings. The summed E-state index contributed by atoms with van der Waals surface area (Å²) in [5.41, 5.74) is 7.82. The van der Waals surface area contributed by atoms with Gasteiger partial charge in [-0.15, -0.1) is 0 Å². The molecule has 1 fully saturated rings. The Kier molecular flexibility index (Phi) is 3.98.